The molecule has 1 saturated heterocycles. The number of aryl methyl sites for hydroxylation is 2. The first kappa shape index (κ1) is 15.2. The van der Waals surface area contributed by atoms with Crippen molar-refractivity contribution < 1.29 is 0 Å². The van der Waals surface area contributed by atoms with Gasteiger partial charge in [-0.05, 0) is 61.7 Å². The molecule has 1 aromatic heterocycles. The van der Waals surface area contributed by atoms with Crippen molar-refractivity contribution in [2.45, 2.75) is 25.8 Å². The molecule has 3 aromatic rings. The van der Waals surface area contributed by atoms with Crippen LogP contribution in [0.1, 0.15) is 24.4 Å². The number of rotatable bonds is 2. The molecule has 1 N–H and O–H groups in total. The van der Waals surface area contributed by atoms with Crippen molar-refractivity contribution in [1.29, 1.82) is 0 Å². The van der Waals surface area contributed by atoms with Gasteiger partial charge in [-0.15, -0.1) is 0 Å². The molecule has 24 heavy (non-hydrogen) atoms. The summed E-state index contributed by atoms with van der Waals surface area (Å²) in [5.74, 6) is 0. The zero-order chi connectivity index (χ0) is 16.7. The zero-order valence-electron chi connectivity index (χ0n) is 14.2. The number of imidazole rings is 1. The van der Waals surface area contributed by atoms with Crippen molar-refractivity contribution in [2.75, 3.05) is 13.1 Å². The second-order valence-electron chi connectivity index (χ2n) is 6.71. The Labute approximate surface area is 141 Å². The molecule has 2 heterocycles. The van der Waals surface area contributed by atoms with E-state index in [1.807, 2.05) is 11.6 Å². The average Bonchev–Trinajstić information content (AvgIpc) is 2.87. The van der Waals surface area contributed by atoms with Crippen LogP contribution in [0.25, 0.3) is 22.2 Å². The second-order valence-corrected chi connectivity index (χ2v) is 6.71. The second kappa shape index (κ2) is 5.95. The summed E-state index contributed by atoms with van der Waals surface area (Å²) >= 11 is 0. The molecular formula is C20H23N3O. The minimum Gasteiger partial charge on any atom is -0.317 e. The van der Waals surface area contributed by atoms with Gasteiger partial charge in [-0.2, -0.15) is 0 Å². The van der Waals surface area contributed by atoms with Gasteiger partial charge in [0.2, 0.25) is 0 Å². The lowest BCUT2D eigenvalue weighted by molar-refractivity contribution is 0.366. The summed E-state index contributed by atoms with van der Waals surface area (Å²) in [4.78, 5) is 12.8. The van der Waals surface area contributed by atoms with Gasteiger partial charge >= 0.3 is 5.69 Å². The summed E-state index contributed by atoms with van der Waals surface area (Å²) in [6, 6.07) is 15.1. The van der Waals surface area contributed by atoms with E-state index in [1.165, 1.54) is 16.7 Å². The highest BCUT2D eigenvalue weighted by molar-refractivity contribution is 5.83. The van der Waals surface area contributed by atoms with Crippen molar-refractivity contribution in [3.8, 4) is 11.1 Å². The molecule has 0 amide bonds. The smallest absolute Gasteiger partial charge is 0.317 e. The van der Waals surface area contributed by atoms with Crippen LogP contribution in [0.15, 0.2) is 47.3 Å². The van der Waals surface area contributed by atoms with Gasteiger partial charge < -0.3 is 5.32 Å². The molecule has 0 atom stereocenters. The maximum atomic E-state index is 12.8. The van der Waals surface area contributed by atoms with E-state index < -0.39 is 0 Å². The first-order valence-corrected chi connectivity index (χ1v) is 8.64. The number of nitrogens with one attached hydrogen (secondary N) is 1. The van der Waals surface area contributed by atoms with Gasteiger partial charge in [0.05, 0.1) is 11.0 Å². The summed E-state index contributed by atoms with van der Waals surface area (Å²) in [6.07, 6.45) is 2.02. The summed E-state index contributed by atoms with van der Waals surface area (Å²) in [5.41, 5.74) is 5.80. The Morgan fingerprint density at radius 1 is 1.04 bits per heavy atom. The number of hydrogen-bond acceptors (Lipinski definition) is 2. The molecule has 1 fully saturated rings. The highest BCUT2D eigenvalue weighted by Crippen LogP contribution is 2.28. The standard InChI is InChI=1S/C20H23N3O/c1-14-5-3-4-6-17(14)15-7-8-18-19(13-15)22(2)20(24)23(18)16-9-11-21-12-10-16/h3-8,13,16,21H,9-12H2,1-2H3. The normalized spacial score (nSPS) is 15.9. The monoisotopic (exact) mass is 321 g/mol. The zero-order valence-corrected chi connectivity index (χ0v) is 14.2. The first-order chi connectivity index (χ1) is 11.7. The Morgan fingerprint density at radius 2 is 1.79 bits per heavy atom. The number of fused-ring (bicyclic) bond motifs is 1. The van der Waals surface area contributed by atoms with E-state index in [1.54, 1.807) is 4.57 Å². The molecule has 0 aliphatic carbocycles. The molecule has 4 nitrogen and oxygen atoms in total. The topological polar surface area (TPSA) is 39.0 Å². The third-order valence-corrected chi connectivity index (χ3v) is 5.22. The lowest BCUT2D eigenvalue weighted by Crippen LogP contribution is -2.34. The van der Waals surface area contributed by atoms with Crippen molar-refractivity contribution in [1.82, 2.24) is 14.5 Å². The van der Waals surface area contributed by atoms with Crippen LogP contribution in [0.4, 0.5) is 0 Å². The van der Waals surface area contributed by atoms with E-state index in [-0.39, 0.29) is 5.69 Å². The van der Waals surface area contributed by atoms with Gasteiger partial charge in [0, 0.05) is 13.1 Å². The van der Waals surface area contributed by atoms with Crippen LogP contribution in [0.2, 0.25) is 0 Å². The summed E-state index contributed by atoms with van der Waals surface area (Å²) in [5, 5.41) is 3.37. The van der Waals surface area contributed by atoms with Crippen LogP contribution in [0.5, 0.6) is 0 Å². The van der Waals surface area contributed by atoms with Crippen molar-refractivity contribution in [2.24, 2.45) is 7.05 Å². The molecule has 1 aliphatic rings. The summed E-state index contributed by atoms with van der Waals surface area (Å²) in [7, 11) is 1.88. The molecular weight excluding hydrogens is 298 g/mol. The molecule has 0 spiro atoms. The number of benzene rings is 2. The number of hydrogen-bond donors (Lipinski definition) is 1. The van der Waals surface area contributed by atoms with Crippen LogP contribution in [0, 0.1) is 6.92 Å². The van der Waals surface area contributed by atoms with E-state index in [0.29, 0.717) is 6.04 Å². The van der Waals surface area contributed by atoms with Crippen LogP contribution >= 0.6 is 0 Å². The maximum absolute atomic E-state index is 12.8. The summed E-state index contributed by atoms with van der Waals surface area (Å²) < 4.78 is 3.79. The molecule has 2 aromatic carbocycles. The first-order valence-electron chi connectivity index (χ1n) is 8.64. The third kappa shape index (κ3) is 2.38. The fourth-order valence-corrected chi connectivity index (χ4v) is 3.85. The van der Waals surface area contributed by atoms with E-state index in [2.05, 4.69) is 54.7 Å². The van der Waals surface area contributed by atoms with E-state index in [0.717, 1.165) is 37.0 Å². The van der Waals surface area contributed by atoms with E-state index >= 15 is 0 Å². The molecule has 1 aliphatic heterocycles. The van der Waals surface area contributed by atoms with Crippen LogP contribution in [0.3, 0.4) is 0 Å². The van der Waals surface area contributed by atoms with Gasteiger partial charge in [-0.25, -0.2) is 4.79 Å². The van der Waals surface area contributed by atoms with Gasteiger partial charge in [-0.1, -0.05) is 30.3 Å². The van der Waals surface area contributed by atoms with Crippen LogP contribution < -0.4 is 11.0 Å². The fourth-order valence-electron chi connectivity index (χ4n) is 3.85. The number of aromatic nitrogens is 2. The predicted octanol–water partition coefficient (Wildman–Crippen LogP) is 3.24. The Hall–Kier alpha value is -2.33. The van der Waals surface area contributed by atoms with Crippen molar-refractivity contribution in [3.05, 3.63) is 58.5 Å². The van der Waals surface area contributed by atoms with E-state index in [4.69, 9.17) is 0 Å². The molecule has 124 valence electrons. The van der Waals surface area contributed by atoms with Gasteiger partial charge in [0.15, 0.2) is 0 Å². The van der Waals surface area contributed by atoms with Crippen molar-refractivity contribution >= 4 is 11.0 Å². The number of piperidine rings is 1. The lowest BCUT2D eigenvalue weighted by atomic mass is 10.00. The predicted molar refractivity (Wildman–Crippen MR) is 98.5 cm³/mol. The van der Waals surface area contributed by atoms with Crippen molar-refractivity contribution in [3.63, 3.8) is 0 Å². The van der Waals surface area contributed by atoms with E-state index in [9.17, 15) is 4.79 Å². The quantitative estimate of drug-likeness (QED) is 0.787. The molecule has 0 saturated carbocycles. The summed E-state index contributed by atoms with van der Waals surface area (Å²) in [6.45, 7) is 4.09. The lowest BCUT2D eigenvalue weighted by Gasteiger charge is -2.23. The molecule has 0 unspecified atom stereocenters. The fraction of sp³-hybridized carbons (Fsp3) is 0.350. The number of nitrogens with zero attached hydrogens (tertiary/aromatic N) is 2. The molecule has 4 heteroatoms. The Balaban J connectivity index is 1.88. The third-order valence-electron chi connectivity index (χ3n) is 5.22. The highest BCUT2D eigenvalue weighted by atomic mass is 16.1. The minimum atomic E-state index is 0.0961. The largest absolute Gasteiger partial charge is 0.329 e. The van der Waals surface area contributed by atoms with Gasteiger partial charge in [0.25, 0.3) is 0 Å². The Morgan fingerprint density at radius 3 is 2.54 bits per heavy atom. The van der Waals surface area contributed by atoms with Crippen LogP contribution in [-0.2, 0) is 7.05 Å². The average molecular weight is 321 g/mol. The maximum Gasteiger partial charge on any atom is 0.329 e. The molecule has 0 radical (unpaired) electrons. The highest BCUT2D eigenvalue weighted by Gasteiger charge is 2.21. The Bertz CT molecular complexity index is 945. The molecule has 0 bridgehead atoms. The van der Waals surface area contributed by atoms with Gasteiger partial charge in [-0.3, -0.25) is 9.13 Å². The van der Waals surface area contributed by atoms with Crippen LogP contribution in [-0.4, -0.2) is 22.2 Å². The molecule has 4 rings (SSSR count). The Kier molecular flexibility index (Phi) is 3.77. The SMILES string of the molecule is Cc1ccccc1-c1ccc2c(c1)n(C)c(=O)n2C1CCNCC1. The van der Waals surface area contributed by atoms with Gasteiger partial charge in [0.1, 0.15) is 0 Å². The minimum absolute atomic E-state index is 0.0961.